The number of nitrogens with two attached hydrogens (primary N) is 2. The average Bonchev–Trinajstić information content (AvgIpc) is 2.48. The van der Waals surface area contributed by atoms with E-state index in [2.05, 4.69) is 0 Å². The van der Waals surface area contributed by atoms with Crippen molar-refractivity contribution in [3.63, 3.8) is 0 Å². The lowest BCUT2D eigenvalue weighted by molar-refractivity contribution is 0.0963. The molecule has 0 saturated carbocycles. The second-order valence-electron chi connectivity index (χ2n) is 4.13. The standard InChI is InChI=1S/C15H14N2O4/c16-14(18)10-5-1-3-7-12(10)20-9-21-13-8-4-2-6-11(13)15(17)19/h1-8H,9H2,(H2,16,18)(H2,17,19). The molecule has 4 N–H and O–H groups in total. The number of carbonyl (C=O) groups is 2. The highest BCUT2D eigenvalue weighted by Crippen LogP contribution is 2.20. The molecule has 0 spiro atoms. The zero-order chi connectivity index (χ0) is 15.2. The number of hydrogen-bond acceptors (Lipinski definition) is 4. The summed E-state index contributed by atoms with van der Waals surface area (Å²) >= 11 is 0. The molecule has 108 valence electrons. The molecular formula is C15H14N2O4. The molecule has 0 aliphatic rings. The third-order valence-corrected chi connectivity index (χ3v) is 2.73. The Hall–Kier alpha value is -3.02. The predicted octanol–water partition coefficient (Wildman–Crippen LogP) is 1.30. The monoisotopic (exact) mass is 286 g/mol. The first-order chi connectivity index (χ1) is 10.1. The minimum atomic E-state index is -0.594. The van der Waals surface area contributed by atoms with Crippen molar-refractivity contribution in [2.24, 2.45) is 11.5 Å². The molecule has 6 heteroatoms. The molecule has 0 fully saturated rings. The minimum absolute atomic E-state index is 0.186. The molecule has 0 unspecified atom stereocenters. The Balaban J connectivity index is 2.06. The van der Waals surface area contributed by atoms with E-state index in [1.54, 1.807) is 48.5 Å². The van der Waals surface area contributed by atoms with Crippen molar-refractivity contribution in [1.29, 1.82) is 0 Å². The second kappa shape index (κ2) is 6.42. The van der Waals surface area contributed by atoms with Gasteiger partial charge in [-0.1, -0.05) is 24.3 Å². The van der Waals surface area contributed by atoms with Crippen molar-refractivity contribution in [2.45, 2.75) is 0 Å². The fourth-order valence-electron chi connectivity index (χ4n) is 1.75. The van der Waals surface area contributed by atoms with Crippen molar-refractivity contribution in [3.05, 3.63) is 59.7 Å². The minimum Gasteiger partial charge on any atom is -0.457 e. The maximum absolute atomic E-state index is 11.2. The van der Waals surface area contributed by atoms with E-state index in [0.29, 0.717) is 11.5 Å². The van der Waals surface area contributed by atoms with Gasteiger partial charge in [-0.05, 0) is 24.3 Å². The fourth-order valence-corrected chi connectivity index (χ4v) is 1.75. The van der Waals surface area contributed by atoms with Gasteiger partial charge in [-0.25, -0.2) is 0 Å². The first-order valence-electron chi connectivity index (χ1n) is 6.13. The van der Waals surface area contributed by atoms with Gasteiger partial charge in [0, 0.05) is 0 Å². The van der Waals surface area contributed by atoms with Gasteiger partial charge in [0.25, 0.3) is 11.8 Å². The number of primary amides is 2. The van der Waals surface area contributed by atoms with E-state index >= 15 is 0 Å². The van der Waals surface area contributed by atoms with Crippen molar-refractivity contribution < 1.29 is 19.1 Å². The van der Waals surface area contributed by atoms with Gasteiger partial charge in [-0.15, -0.1) is 0 Å². The quantitative estimate of drug-likeness (QED) is 0.781. The molecule has 2 aromatic rings. The lowest BCUT2D eigenvalue weighted by Crippen LogP contribution is -2.16. The third kappa shape index (κ3) is 3.50. The predicted molar refractivity (Wildman–Crippen MR) is 76.0 cm³/mol. The van der Waals surface area contributed by atoms with Crippen LogP contribution in [0, 0.1) is 0 Å². The number of amides is 2. The van der Waals surface area contributed by atoms with Crippen LogP contribution in [-0.4, -0.2) is 18.6 Å². The summed E-state index contributed by atoms with van der Waals surface area (Å²) in [6, 6.07) is 13.1. The Kier molecular flexibility index (Phi) is 4.40. The van der Waals surface area contributed by atoms with Gasteiger partial charge >= 0.3 is 0 Å². The molecule has 6 nitrogen and oxygen atoms in total. The molecule has 0 atom stereocenters. The Labute approximate surface area is 121 Å². The Morgan fingerprint density at radius 1 is 0.762 bits per heavy atom. The second-order valence-corrected chi connectivity index (χ2v) is 4.13. The first-order valence-corrected chi connectivity index (χ1v) is 6.13. The first kappa shape index (κ1) is 14.4. The highest BCUT2D eigenvalue weighted by molar-refractivity contribution is 5.96. The van der Waals surface area contributed by atoms with Crippen LogP contribution in [0.15, 0.2) is 48.5 Å². The molecule has 0 aliphatic heterocycles. The van der Waals surface area contributed by atoms with Crippen LogP contribution in [0.1, 0.15) is 20.7 Å². The summed E-state index contributed by atoms with van der Waals surface area (Å²) in [4.78, 5) is 22.5. The van der Waals surface area contributed by atoms with Crippen LogP contribution < -0.4 is 20.9 Å². The highest BCUT2D eigenvalue weighted by Gasteiger charge is 2.10. The molecule has 0 aromatic heterocycles. The van der Waals surface area contributed by atoms with Gasteiger partial charge in [0.2, 0.25) is 6.79 Å². The van der Waals surface area contributed by atoms with E-state index < -0.39 is 11.8 Å². The lowest BCUT2D eigenvalue weighted by atomic mass is 10.2. The number of ether oxygens (including phenoxy) is 2. The number of rotatable bonds is 6. The molecular weight excluding hydrogens is 272 g/mol. The number of benzene rings is 2. The van der Waals surface area contributed by atoms with Crippen LogP contribution in [0.25, 0.3) is 0 Å². The molecule has 21 heavy (non-hydrogen) atoms. The summed E-state index contributed by atoms with van der Waals surface area (Å²) in [6.07, 6.45) is 0. The van der Waals surface area contributed by atoms with Crippen molar-refractivity contribution in [1.82, 2.24) is 0 Å². The Morgan fingerprint density at radius 3 is 1.52 bits per heavy atom. The highest BCUT2D eigenvalue weighted by atomic mass is 16.7. The van der Waals surface area contributed by atoms with E-state index in [0.717, 1.165) is 0 Å². The summed E-state index contributed by atoms with van der Waals surface area (Å²) in [6.45, 7) is -0.186. The van der Waals surface area contributed by atoms with E-state index in [9.17, 15) is 9.59 Å². The van der Waals surface area contributed by atoms with Crippen molar-refractivity contribution >= 4 is 11.8 Å². The van der Waals surface area contributed by atoms with Crippen LogP contribution in [-0.2, 0) is 0 Å². The maximum atomic E-state index is 11.2. The molecule has 0 heterocycles. The molecule has 0 bridgehead atoms. The van der Waals surface area contributed by atoms with Crippen LogP contribution in [0.4, 0.5) is 0 Å². The number of para-hydroxylation sites is 2. The van der Waals surface area contributed by atoms with E-state index in [1.807, 2.05) is 0 Å². The van der Waals surface area contributed by atoms with Crippen molar-refractivity contribution in [2.75, 3.05) is 6.79 Å². The lowest BCUT2D eigenvalue weighted by Gasteiger charge is -2.12. The topological polar surface area (TPSA) is 105 Å². The Morgan fingerprint density at radius 2 is 1.14 bits per heavy atom. The van der Waals surface area contributed by atoms with E-state index in [4.69, 9.17) is 20.9 Å². The zero-order valence-corrected chi connectivity index (χ0v) is 11.1. The summed E-state index contributed by atoms with van der Waals surface area (Å²) in [5.41, 5.74) is 11.0. The third-order valence-electron chi connectivity index (χ3n) is 2.73. The van der Waals surface area contributed by atoms with E-state index in [1.165, 1.54) is 0 Å². The van der Waals surface area contributed by atoms with Gasteiger partial charge in [0.05, 0.1) is 11.1 Å². The maximum Gasteiger partial charge on any atom is 0.252 e. The molecule has 0 aliphatic carbocycles. The summed E-state index contributed by atoms with van der Waals surface area (Å²) < 4.78 is 10.7. The average molecular weight is 286 g/mol. The van der Waals surface area contributed by atoms with Gasteiger partial charge < -0.3 is 20.9 Å². The van der Waals surface area contributed by atoms with Crippen molar-refractivity contribution in [3.8, 4) is 11.5 Å². The van der Waals surface area contributed by atoms with Crippen LogP contribution in [0.2, 0.25) is 0 Å². The van der Waals surface area contributed by atoms with Gasteiger partial charge in [0.1, 0.15) is 11.5 Å². The van der Waals surface area contributed by atoms with E-state index in [-0.39, 0.29) is 17.9 Å². The zero-order valence-electron chi connectivity index (χ0n) is 11.1. The van der Waals surface area contributed by atoms with Gasteiger partial charge in [-0.3, -0.25) is 9.59 Å². The van der Waals surface area contributed by atoms with Crippen LogP contribution in [0.5, 0.6) is 11.5 Å². The number of hydrogen-bond donors (Lipinski definition) is 2. The van der Waals surface area contributed by atoms with Gasteiger partial charge in [0.15, 0.2) is 0 Å². The van der Waals surface area contributed by atoms with Gasteiger partial charge in [-0.2, -0.15) is 0 Å². The fraction of sp³-hybridized carbons (Fsp3) is 0.0667. The molecule has 0 saturated heterocycles. The molecule has 2 rings (SSSR count). The van der Waals surface area contributed by atoms with Crippen LogP contribution >= 0.6 is 0 Å². The van der Waals surface area contributed by atoms with Crippen LogP contribution in [0.3, 0.4) is 0 Å². The number of carbonyl (C=O) groups excluding carboxylic acids is 2. The normalized spacial score (nSPS) is 9.90. The summed E-state index contributed by atoms with van der Waals surface area (Å²) in [5.74, 6) is -0.575. The molecule has 0 radical (unpaired) electrons. The SMILES string of the molecule is NC(=O)c1ccccc1OCOc1ccccc1C(N)=O. The largest absolute Gasteiger partial charge is 0.457 e. The summed E-state index contributed by atoms with van der Waals surface area (Å²) in [7, 11) is 0. The smallest absolute Gasteiger partial charge is 0.252 e. The Bertz CT molecular complexity index is 613. The summed E-state index contributed by atoms with van der Waals surface area (Å²) in [5, 5.41) is 0. The molecule has 2 aromatic carbocycles. The molecule has 2 amide bonds.